The highest BCUT2D eigenvalue weighted by Crippen LogP contribution is 2.25. The zero-order valence-electron chi connectivity index (χ0n) is 10.0. The molecule has 0 fully saturated rings. The molecule has 0 aliphatic heterocycles. The summed E-state index contributed by atoms with van der Waals surface area (Å²) in [6, 6.07) is 6.34. The summed E-state index contributed by atoms with van der Waals surface area (Å²) >= 11 is 0. The Kier molecular flexibility index (Phi) is 3.84. The van der Waals surface area contributed by atoms with Gasteiger partial charge >= 0.3 is 0 Å². The Balaban J connectivity index is 2.17. The van der Waals surface area contributed by atoms with E-state index in [9.17, 15) is 4.39 Å². The van der Waals surface area contributed by atoms with Gasteiger partial charge in [-0.15, -0.1) is 0 Å². The lowest BCUT2D eigenvalue weighted by Gasteiger charge is -2.17. The van der Waals surface area contributed by atoms with Gasteiger partial charge in [0, 0.05) is 23.9 Å². The monoisotopic (exact) mass is 250 g/mol. The zero-order chi connectivity index (χ0) is 13.0. The van der Waals surface area contributed by atoms with Gasteiger partial charge in [0.1, 0.15) is 0 Å². The molecule has 0 spiro atoms. The number of methoxy groups -OCH3 is 1. The molecule has 2 aromatic rings. The van der Waals surface area contributed by atoms with Crippen LogP contribution in [0.3, 0.4) is 0 Å². The van der Waals surface area contributed by atoms with Gasteiger partial charge in [0.15, 0.2) is 11.6 Å². The predicted molar refractivity (Wildman–Crippen MR) is 67.1 cm³/mol. The maximum Gasteiger partial charge on any atom is 0.165 e. The van der Waals surface area contributed by atoms with E-state index in [1.165, 1.54) is 13.2 Å². The van der Waals surface area contributed by atoms with Crippen LogP contribution in [0.2, 0.25) is 0 Å². The van der Waals surface area contributed by atoms with Crippen LogP contribution >= 0.6 is 0 Å². The highest BCUT2D eigenvalue weighted by molar-refractivity contribution is 5.50. The minimum Gasteiger partial charge on any atom is -0.494 e. The predicted octanol–water partition coefficient (Wildman–Crippen LogP) is 2.54. The fraction of sp³-hybridized carbons (Fsp3) is 0.231. The minimum atomic E-state index is -0.393. The van der Waals surface area contributed by atoms with Gasteiger partial charge in [-0.25, -0.2) is 4.39 Å². The van der Waals surface area contributed by atoms with Gasteiger partial charge in [0.25, 0.3) is 0 Å². The Morgan fingerprint density at radius 1 is 1.44 bits per heavy atom. The lowest BCUT2D eigenvalue weighted by atomic mass is 10.1. The smallest absolute Gasteiger partial charge is 0.165 e. The average molecular weight is 250 g/mol. The van der Waals surface area contributed by atoms with E-state index in [0.29, 0.717) is 6.54 Å². The lowest BCUT2D eigenvalue weighted by molar-refractivity contribution is 0.386. The quantitative estimate of drug-likeness (QED) is 0.856. The Morgan fingerprint density at radius 2 is 2.28 bits per heavy atom. The number of ether oxygens (including phenoxy) is 1. The Hall–Kier alpha value is -2.01. The summed E-state index contributed by atoms with van der Waals surface area (Å²) < 4.78 is 23.2. The Morgan fingerprint density at radius 3 is 2.89 bits per heavy atom. The highest BCUT2D eigenvalue weighted by atomic mass is 19.1. The molecule has 1 heterocycles. The van der Waals surface area contributed by atoms with Crippen molar-refractivity contribution in [2.45, 2.75) is 6.04 Å². The van der Waals surface area contributed by atoms with Crippen molar-refractivity contribution in [2.75, 3.05) is 19.0 Å². The van der Waals surface area contributed by atoms with Crippen molar-refractivity contribution in [2.24, 2.45) is 5.73 Å². The summed E-state index contributed by atoms with van der Waals surface area (Å²) in [7, 11) is 1.43. The fourth-order valence-electron chi connectivity index (χ4n) is 1.70. The second-order valence-corrected chi connectivity index (χ2v) is 3.84. The number of hydrogen-bond acceptors (Lipinski definition) is 4. The molecule has 1 aromatic carbocycles. The molecular formula is C13H15FN2O2. The molecule has 0 radical (unpaired) electrons. The third kappa shape index (κ3) is 2.62. The maximum absolute atomic E-state index is 13.3. The molecule has 0 saturated carbocycles. The third-order valence-corrected chi connectivity index (χ3v) is 2.67. The summed E-state index contributed by atoms with van der Waals surface area (Å²) in [6.07, 6.45) is 3.22. The largest absolute Gasteiger partial charge is 0.494 e. The van der Waals surface area contributed by atoms with Crippen LogP contribution in [0.4, 0.5) is 10.1 Å². The van der Waals surface area contributed by atoms with E-state index in [2.05, 4.69) is 5.32 Å². The third-order valence-electron chi connectivity index (χ3n) is 2.67. The number of anilines is 1. The summed E-state index contributed by atoms with van der Waals surface area (Å²) in [5, 5.41) is 3.20. The average Bonchev–Trinajstić information content (AvgIpc) is 2.91. The number of nitrogens with two attached hydrogens (primary N) is 1. The van der Waals surface area contributed by atoms with E-state index in [4.69, 9.17) is 14.9 Å². The summed E-state index contributed by atoms with van der Waals surface area (Å²) in [6.45, 7) is 0.402. The van der Waals surface area contributed by atoms with Crippen molar-refractivity contribution < 1.29 is 13.5 Å². The van der Waals surface area contributed by atoms with Crippen molar-refractivity contribution >= 4 is 5.69 Å². The van der Waals surface area contributed by atoms with Crippen LogP contribution in [0.25, 0.3) is 0 Å². The lowest BCUT2D eigenvalue weighted by Crippen LogP contribution is -2.20. The molecule has 18 heavy (non-hydrogen) atoms. The van der Waals surface area contributed by atoms with Crippen molar-refractivity contribution in [3.05, 3.63) is 48.2 Å². The molecule has 0 aliphatic rings. The van der Waals surface area contributed by atoms with Crippen molar-refractivity contribution in [1.82, 2.24) is 0 Å². The molecular weight excluding hydrogens is 235 g/mol. The number of hydrogen-bond donors (Lipinski definition) is 2. The second kappa shape index (κ2) is 5.55. The summed E-state index contributed by atoms with van der Waals surface area (Å²) in [5.74, 6) is -0.196. The molecule has 96 valence electrons. The van der Waals surface area contributed by atoms with Crippen LogP contribution in [-0.2, 0) is 0 Å². The molecule has 0 bridgehead atoms. The van der Waals surface area contributed by atoms with Gasteiger partial charge in [-0.05, 0) is 18.2 Å². The second-order valence-electron chi connectivity index (χ2n) is 3.84. The van der Waals surface area contributed by atoms with Gasteiger partial charge in [-0.2, -0.15) is 0 Å². The van der Waals surface area contributed by atoms with E-state index < -0.39 is 5.82 Å². The van der Waals surface area contributed by atoms with Gasteiger partial charge in [0.2, 0.25) is 0 Å². The molecule has 0 saturated heterocycles. The standard InChI is InChI=1S/C13H15FN2O2/c1-17-13-6-10(2-3-11(13)14)16-12(7-15)9-4-5-18-8-9/h2-6,8,12,16H,7,15H2,1H3. The summed E-state index contributed by atoms with van der Waals surface area (Å²) in [4.78, 5) is 0. The van der Waals surface area contributed by atoms with Gasteiger partial charge in [-0.3, -0.25) is 0 Å². The first-order valence-corrected chi connectivity index (χ1v) is 5.57. The first-order valence-electron chi connectivity index (χ1n) is 5.57. The normalized spacial score (nSPS) is 12.2. The number of rotatable bonds is 5. The molecule has 1 unspecified atom stereocenters. The number of benzene rings is 1. The van der Waals surface area contributed by atoms with Crippen LogP contribution in [0, 0.1) is 5.82 Å². The molecule has 0 amide bonds. The number of halogens is 1. The minimum absolute atomic E-state index is 0.0843. The first kappa shape index (κ1) is 12.4. The topological polar surface area (TPSA) is 60.4 Å². The van der Waals surface area contributed by atoms with E-state index in [-0.39, 0.29) is 11.8 Å². The van der Waals surface area contributed by atoms with Gasteiger partial charge in [0.05, 0.1) is 25.7 Å². The Labute approximate surface area is 105 Å². The van der Waals surface area contributed by atoms with E-state index in [1.54, 1.807) is 24.7 Å². The number of nitrogens with one attached hydrogen (secondary N) is 1. The van der Waals surface area contributed by atoms with E-state index in [0.717, 1.165) is 11.3 Å². The Bertz CT molecular complexity index is 500. The van der Waals surface area contributed by atoms with Gasteiger partial charge in [-0.1, -0.05) is 0 Å². The van der Waals surface area contributed by atoms with Crippen LogP contribution in [-0.4, -0.2) is 13.7 Å². The van der Waals surface area contributed by atoms with Crippen molar-refractivity contribution in [1.29, 1.82) is 0 Å². The van der Waals surface area contributed by atoms with E-state index in [1.807, 2.05) is 6.07 Å². The fourth-order valence-corrected chi connectivity index (χ4v) is 1.70. The van der Waals surface area contributed by atoms with Crippen LogP contribution < -0.4 is 15.8 Å². The highest BCUT2D eigenvalue weighted by Gasteiger charge is 2.12. The van der Waals surface area contributed by atoms with Gasteiger partial charge < -0.3 is 20.2 Å². The van der Waals surface area contributed by atoms with Crippen molar-refractivity contribution in [3.8, 4) is 5.75 Å². The molecule has 1 aromatic heterocycles. The molecule has 0 aliphatic carbocycles. The number of furan rings is 1. The van der Waals surface area contributed by atoms with Crippen molar-refractivity contribution in [3.63, 3.8) is 0 Å². The SMILES string of the molecule is COc1cc(NC(CN)c2ccoc2)ccc1F. The van der Waals surface area contributed by atoms with Crippen LogP contribution in [0.5, 0.6) is 5.75 Å². The molecule has 5 heteroatoms. The summed E-state index contributed by atoms with van der Waals surface area (Å²) in [5.41, 5.74) is 7.39. The zero-order valence-corrected chi connectivity index (χ0v) is 10.0. The molecule has 3 N–H and O–H groups in total. The molecule has 1 atom stereocenters. The van der Waals surface area contributed by atoms with Crippen LogP contribution in [0.15, 0.2) is 41.2 Å². The molecule has 2 rings (SSSR count). The van der Waals surface area contributed by atoms with E-state index >= 15 is 0 Å². The maximum atomic E-state index is 13.3. The first-order chi connectivity index (χ1) is 8.74. The van der Waals surface area contributed by atoms with Crippen LogP contribution in [0.1, 0.15) is 11.6 Å². The molecule has 4 nitrogen and oxygen atoms in total.